The van der Waals surface area contributed by atoms with Crippen molar-refractivity contribution >= 4 is 11.8 Å². The molecular weight excluding hydrogens is 198 g/mol. The van der Waals surface area contributed by atoms with Gasteiger partial charge in [-0.05, 0) is 19.4 Å². The fraction of sp³-hybridized carbons (Fsp3) is 0.429. The van der Waals surface area contributed by atoms with E-state index in [0.717, 1.165) is 18.7 Å². The van der Waals surface area contributed by atoms with Gasteiger partial charge in [0.1, 0.15) is 5.75 Å². The van der Waals surface area contributed by atoms with Crippen molar-refractivity contribution in [2.45, 2.75) is 26.4 Å². The highest BCUT2D eigenvalue weighted by Gasteiger charge is 2.15. The van der Waals surface area contributed by atoms with Gasteiger partial charge in [0.15, 0.2) is 0 Å². The molecule has 1 atom stereocenters. The monoisotopic (exact) mass is 217 g/mol. The molecule has 2 heteroatoms. The zero-order chi connectivity index (χ0) is 11.5. The maximum Gasteiger partial charge on any atom is 0.143 e. The van der Waals surface area contributed by atoms with E-state index < -0.39 is 0 Å². The first kappa shape index (κ1) is 11.1. The van der Waals surface area contributed by atoms with Gasteiger partial charge in [0, 0.05) is 19.2 Å². The maximum atomic E-state index is 5.96. The van der Waals surface area contributed by atoms with Crippen molar-refractivity contribution in [3.63, 3.8) is 0 Å². The molecule has 0 aromatic heterocycles. The fourth-order valence-corrected chi connectivity index (χ4v) is 1.91. The fourth-order valence-electron chi connectivity index (χ4n) is 1.91. The lowest BCUT2D eigenvalue weighted by atomic mass is 10.1. The average molecular weight is 217 g/mol. The van der Waals surface area contributed by atoms with Gasteiger partial charge in [0.25, 0.3) is 0 Å². The summed E-state index contributed by atoms with van der Waals surface area (Å²) in [5.41, 5.74) is 2.46. The number of para-hydroxylation sites is 1. The van der Waals surface area contributed by atoms with Crippen molar-refractivity contribution in [3.8, 4) is 5.75 Å². The Morgan fingerprint density at radius 3 is 3.00 bits per heavy atom. The van der Waals surface area contributed by atoms with E-state index in [9.17, 15) is 0 Å². The first-order valence-corrected chi connectivity index (χ1v) is 5.89. The maximum absolute atomic E-state index is 5.96. The summed E-state index contributed by atoms with van der Waals surface area (Å²) in [6.07, 6.45) is 5.64. The predicted molar refractivity (Wildman–Crippen MR) is 69.1 cm³/mol. The van der Waals surface area contributed by atoms with Gasteiger partial charge in [0.2, 0.25) is 0 Å². The SMILES string of the molecule is CCC(C)Oc1cccc2c1N(C)CC=C2. The van der Waals surface area contributed by atoms with Gasteiger partial charge in [-0.1, -0.05) is 31.2 Å². The minimum absolute atomic E-state index is 0.269. The zero-order valence-electron chi connectivity index (χ0n) is 10.2. The number of anilines is 1. The van der Waals surface area contributed by atoms with E-state index in [4.69, 9.17) is 4.74 Å². The van der Waals surface area contributed by atoms with Gasteiger partial charge in [-0.15, -0.1) is 0 Å². The van der Waals surface area contributed by atoms with Crippen LogP contribution in [0.1, 0.15) is 25.8 Å². The van der Waals surface area contributed by atoms with E-state index in [-0.39, 0.29) is 6.10 Å². The minimum atomic E-state index is 0.269. The summed E-state index contributed by atoms with van der Waals surface area (Å²) in [5.74, 6) is 0.999. The van der Waals surface area contributed by atoms with E-state index in [1.165, 1.54) is 11.3 Å². The van der Waals surface area contributed by atoms with Crippen molar-refractivity contribution in [2.24, 2.45) is 0 Å². The minimum Gasteiger partial charge on any atom is -0.489 e. The number of likely N-dealkylation sites (N-methyl/N-ethyl adjacent to an activating group) is 1. The van der Waals surface area contributed by atoms with Gasteiger partial charge in [-0.3, -0.25) is 0 Å². The summed E-state index contributed by atoms with van der Waals surface area (Å²) in [5, 5.41) is 0. The van der Waals surface area contributed by atoms with Crippen LogP contribution < -0.4 is 9.64 Å². The third kappa shape index (κ3) is 2.06. The predicted octanol–water partition coefficient (Wildman–Crippen LogP) is 3.33. The molecule has 0 aliphatic carbocycles. The van der Waals surface area contributed by atoms with Crippen molar-refractivity contribution in [1.29, 1.82) is 0 Å². The molecule has 1 aliphatic heterocycles. The van der Waals surface area contributed by atoms with Crippen LogP contribution in [-0.2, 0) is 0 Å². The lowest BCUT2D eigenvalue weighted by Crippen LogP contribution is -2.22. The molecule has 1 aliphatic rings. The molecule has 1 aromatic rings. The molecule has 16 heavy (non-hydrogen) atoms. The molecule has 1 unspecified atom stereocenters. The van der Waals surface area contributed by atoms with E-state index >= 15 is 0 Å². The second-order valence-corrected chi connectivity index (χ2v) is 4.31. The Balaban J connectivity index is 2.35. The number of hydrogen-bond donors (Lipinski definition) is 0. The summed E-state index contributed by atoms with van der Waals surface area (Å²) >= 11 is 0. The second kappa shape index (κ2) is 4.60. The number of ether oxygens (including phenoxy) is 1. The Hall–Kier alpha value is -1.44. The van der Waals surface area contributed by atoms with E-state index in [0.29, 0.717) is 0 Å². The molecule has 0 N–H and O–H groups in total. The molecule has 1 heterocycles. The molecule has 0 spiro atoms. The number of fused-ring (bicyclic) bond motifs is 1. The lowest BCUT2D eigenvalue weighted by Gasteiger charge is -2.27. The highest BCUT2D eigenvalue weighted by molar-refractivity contribution is 5.76. The standard InChI is InChI=1S/C14H19NO/c1-4-11(2)16-13-9-5-7-12-8-6-10-15(3)14(12)13/h5-9,11H,4,10H2,1-3H3. The molecule has 2 nitrogen and oxygen atoms in total. The molecule has 0 bridgehead atoms. The third-order valence-corrected chi connectivity index (χ3v) is 2.99. The highest BCUT2D eigenvalue weighted by atomic mass is 16.5. The molecule has 1 aromatic carbocycles. The Morgan fingerprint density at radius 2 is 2.25 bits per heavy atom. The van der Waals surface area contributed by atoms with Gasteiger partial charge < -0.3 is 9.64 Å². The smallest absolute Gasteiger partial charge is 0.143 e. The van der Waals surface area contributed by atoms with Crippen molar-refractivity contribution < 1.29 is 4.74 Å². The lowest BCUT2D eigenvalue weighted by molar-refractivity contribution is 0.218. The van der Waals surface area contributed by atoms with Crippen LogP contribution in [0.2, 0.25) is 0 Å². The van der Waals surface area contributed by atoms with Crippen LogP contribution in [0.3, 0.4) is 0 Å². The van der Waals surface area contributed by atoms with E-state index in [1.54, 1.807) is 0 Å². The first-order chi connectivity index (χ1) is 7.72. The summed E-state index contributed by atoms with van der Waals surface area (Å²) < 4.78 is 5.96. The van der Waals surface area contributed by atoms with Gasteiger partial charge in [-0.25, -0.2) is 0 Å². The molecule has 0 amide bonds. The number of nitrogens with zero attached hydrogens (tertiary/aromatic N) is 1. The summed E-state index contributed by atoms with van der Waals surface area (Å²) in [6.45, 7) is 5.20. The van der Waals surface area contributed by atoms with Crippen LogP contribution >= 0.6 is 0 Å². The van der Waals surface area contributed by atoms with E-state index in [1.807, 2.05) is 0 Å². The molecule has 0 saturated carbocycles. The topological polar surface area (TPSA) is 12.5 Å². The Kier molecular flexibility index (Phi) is 3.18. The molecule has 86 valence electrons. The van der Waals surface area contributed by atoms with Crippen LogP contribution in [0.15, 0.2) is 24.3 Å². The van der Waals surface area contributed by atoms with E-state index in [2.05, 4.69) is 56.1 Å². The number of hydrogen-bond acceptors (Lipinski definition) is 2. The van der Waals surface area contributed by atoms with Gasteiger partial charge in [0.05, 0.1) is 11.8 Å². The molecular formula is C14H19NO. The van der Waals surface area contributed by atoms with Gasteiger partial charge in [-0.2, -0.15) is 0 Å². The Morgan fingerprint density at radius 1 is 1.44 bits per heavy atom. The molecule has 0 saturated heterocycles. The number of rotatable bonds is 3. The molecule has 0 fully saturated rings. The molecule has 0 radical (unpaired) electrons. The van der Waals surface area contributed by atoms with Crippen molar-refractivity contribution in [1.82, 2.24) is 0 Å². The Bertz CT molecular complexity index is 398. The van der Waals surface area contributed by atoms with Crippen LogP contribution in [0.4, 0.5) is 5.69 Å². The summed E-state index contributed by atoms with van der Waals surface area (Å²) in [7, 11) is 2.10. The molecule has 2 rings (SSSR count). The van der Waals surface area contributed by atoms with Crippen LogP contribution in [-0.4, -0.2) is 19.7 Å². The zero-order valence-corrected chi connectivity index (χ0v) is 10.2. The Labute approximate surface area is 97.5 Å². The number of benzene rings is 1. The van der Waals surface area contributed by atoms with Crippen molar-refractivity contribution in [2.75, 3.05) is 18.5 Å². The second-order valence-electron chi connectivity index (χ2n) is 4.31. The quantitative estimate of drug-likeness (QED) is 0.770. The van der Waals surface area contributed by atoms with Gasteiger partial charge >= 0.3 is 0 Å². The third-order valence-electron chi connectivity index (χ3n) is 2.99. The van der Waals surface area contributed by atoms with Crippen molar-refractivity contribution in [3.05, 3.63) is 29.8 Å². The van der Waals surface area contributed by atoms with Crippen LogP contribution in [0, 0.1) is 0 Å². The first-order valence-electron chi connectivity index (χ1n) is 5.89. The highest BCUT2D eigenvalue weighted by Crippen LogP contribution is 2.35. The largest absolute Gasteiger partial charge is 0.489 e. The van der Waals surface area contributed by atoms with Crippen LogP contribution in [0.25, 0.3) is 6.08 Å². The average Bonchev–Trinajstić information content (AvgIpc) is 2.29. The summed E-state index contributed by atoms with van der Waals surface area (Å²) in [4.78, 5) is 2.23. The van der Waals surface area contributed by atoms with Crippen LogP contribution in [0.5, 0.6) is 5.75 Å². The normalized spacial score (nSPS) is 15.8. The summed E-state index contributed by atoms with van der Waals surface area (Å²) in [6, 6.07) is 6.24.